The summed E-state index contributed by atoms with van der Waals surface area (Å²) >= 11 is 5.99. The summed E-state index contributed by atoms with van der Waals surface area (Å²) in [5.41, 5.74) is 0.575. The van der Waals surface area contributed by atoms with Gasteiger partial charge in [0.15, 0.2) is 11.5 Å². The second-order valence-corrected chi connectivity index (χ2v) is 6.33. The van der Waals surface area contributed by atoms with E-state index in [4.69, 9.17) is 21.7 Å². The highest BCUT2D eigenvalue weighted by atomic mass is 32.2. The fourth-order valence-corrected chi connectivity index (χ4v) is 3.52. The third-order valence-corrected chi connectivity index (χ3v) is 4.63. The molecule has 1 saturated heterocycles. The smallest absolute Gasteiger partial charge is 0.266 e. The summed E-state index contributed by atoms with van der Waals surface area (Å²) in [6.45, 7) is -0.787. The molecule has 128 valence electrons. The van der Waals surface area contributed by atoms with Crippen LogP contribution in [0.1, 0.15) is 5.56 Å². The van der Waals surface area contributed by atoms with Crippen LogP contribution in [0.25, 0.3) is 6.08 Å². The highest BCUT2D eigenvalue weighted by Gasteiger charge is 2.37. The van der Waals surface area contributed by atoms with Crippen LogP contribution in [-0.4, -0.2) is 53.1 Å². The van der Waals surface area contributed by atoms with Gasteiger partial charge in [-0.2, -0.15) is 0 Å². The molecule has 0 radical (unpaired) electrons. The van der Waals surface area contributed by atoms with E-state index in [1.807, 2.05) is 0 Å². The molecule has 0 unspecified atom stereocenters. The average molecular weight is 368 g/mol. The number of thiocarbonyl (C=S) groups is 1. The van der Waals surface area contributed by atoms with Crippen LogP contribution >= 0.6 is 24.0 Å². The lowest BCUT2D eigenvalue weighted by Crippen LogP contribution is -2.51. The summed E-state index contributed by atoms with van der Waals surface area (Å²) < 4.78 is 10.5. The van der Waals surface area contributed by atoms with Gasteiger partial charge in [0.25, 0.3) is 5.91 Å². The number of amides is 1. The zero-order valence-corrected chi connectivity index (χ0v) is 14.5. The van der Waals surface area contributed by atoms with Crippen LogP contribution in [0.4, 0.5) is 0 Å². The number of para-hydroxylation sites is 1. The van der Waals surface area contributed by atoms with Gasteiger partial charge < -0.3 is 24.5 Å². The minimum Gasteiger partial charge on any atom is -0.548 e. The zero-order valence-electron chi connectivity index (χ0n) is 12.8. The van der Waals surface area contributed by atoms with Gasteiger partial charge in [0, 0.05) is 5.56 Å². The van der Waals surface area contributed by atoms with E-state index in [0.29, 0.717) is 17.1 Å². The first-order valence-corrected chi connectivity index (χ1v) is 7.96. The maximum Gasteiger partial charge on any atom is 0.266 e. The van der Waals surface area contributed by atoms with Crippen molar-refractivity contribution in [1.29, 1.82) is 0 Å². The topological polar surface area (TPSA) is 99.1 Å². The van der Waals surface area contributed by atoms with Gasteiger partial charge in [-0.05, 0) is 12.1 Å². The van der Waals surface area contributed by atoms with Crippen molar-refractivity contribution in [3.05, 3.63) is 28.7 Å². The SMILES string of the molecule is COc1cccc(/C=C2\SC(=S)N([C@@H](CO)C(=O)[O-])C2=O)c1OC. The quantitative estimate of drug-likeness (QED) is 0.554. The molecule has 0 aliphatic carbocycles. The number of hydrogen-bond acceptors (Lipinski definition) is 8. The van der Waals surface area contributed by atoms with Crippen molar-refractivity contribution < 1.29 is 29.3 Å². The molecular weight excluding hydrogens is 354 g/mol. The van der Waals surface area contributed by atoms with Crippen LogP contribution in [0.3, 0.4) is 0 Å². The molecule has 1 aromatic rings. The van der Waals surface area contributed by atoms with Gasteiger partial charge in [0.05, 0.1) is 31.7 Å². The van der Waals surface area contributed by atoms with Crippen molar-refractivity contribution in [2.75, 3.05) is 20.8 Å². The summed E-state index contributed by atoms with van der Waals surface area (Å²) in [6, 6.07) is 3.64. The zero-order chi connectivity index (χ0) is 17.9. The Kier molecular flexibility index (Phi) is 5.81. The normalized spacial score (nSPS) is 17.3. The molecule has 1 atom stereocenters. The molecule has 9 heteroatoms. The van der Waals surface area contributed by atoms with E-state index >= 15 is 0 Å². The minimum atomic E-state index is -1.57. The Labute approximate surface area is 147 Å². The number of carbonyl (C=O) groups is 2. The van der Waals surface area contributed by atoms with Gasteiger partial charge in [-0.15, -0.1) is 0 Å². The highest BCUT2D eigenvalue weighted by molar-refractivity contribution is 8.26. The number of nitrogens with zero attached hydrogens (tertiary/aromatic N) is 1. The van der Waals surface area contributed by atoms with Crippen LogP contribution in [0.2, 0.25) is 0 Å². The minimum absolute atomic E-state index is 0.0383. The first-order chi connectivity index (χ1) is 11.4. The summed E-state index contributed by atoms with van der Waals surface area (Å²) in [5.74, 6) is -1.26. The van der Waals surface area contributed by atoms with Gasteiger partial charge in [-0.1, -0.05) is 36.1 Å². The lowest BCUT2D eigenvalue weighted by molar-refractivity contribution is -0.311. The highest BCUT2D eigenvalue weighted by Crippen LogP contribution is 2.37. The summed E-state index contributed by atoms with van der Waals surface area (Å²) in [5, 5.41) is 20.2. The third-order valence-electron chi connectivity index (χ3n) is 3.30. The maximum atomic E-state index is 12.5. The molecule has 1 heterocycles. The van der Waals surface area contributed by atoms with E-state index in [0.717, 1.165) is 16.7 Å². The third kappa shape index (κ3) is 3.37. The van der Waals surface area contributed by atoms with Crippen LogP contribution < -0.4 is 14.6 Å². The van der Waals surface area contributed by atoms with Crippen molar-refractivity contribution >= 4 is 46.3 Å². The number of ether oxygens (including phenoxy) is 2. The van der Waals surface area contributed by atoms with Crippen molar-refractivity contribution in [3.63, 3.8) is 0 Å². The van der Waals surface area contributed by atoms with E-state index in [-0.39, 0.29) is 9.23 Å². The molecule has 0 aromatic heterocycles. The number of benzene rings is 1. The second-order valence-electron chi connectivity index (χ2n) is 4.65. The molecule has 0 saturated carbocycles. The number of rotatable bonds is 6. The number of carboxylic acids is 1. The lowest BCUT2D eigenvalue weighted by Gasteiger charge is -2.25. The van der Waals surface area contributed by atoms with Crippen molar-refractivity contribution in [2.45, 2.75) is 6.04 Å². The van der Waals surface area contributed by atoms with Crippen LogP contribution in [0.15, 0.2) is 23.1 Å². The van der Waals surface area contributed by atoms with Gasteiger partial charge in [-0.25, -0.2) is 0 Å². The van der Waals surface area contributed by atoms with Gasteiger partial charge in [-0.3, -0.25) is 9.69 Å². The van der Waals surface area contributed by atoms with Gasteiger partial charge in [0.1, 0.15) is 10.4 Å². The monoisotopic (exact) mass is 368 g/mol. The molecule has 1 fully saturated rings. The molecule has 7 nitrogen and oxygen atoms in total. The first-order valence-electron chi connectivity index (χ1n) is 6.74. The largest absolute Gasteiger partial charge is 0.548 e. The fourth-order valence-electron chi connectivity index (χ4n) is 2.18. The molecule has 1 aliphatic heterocycles. The molecule has 2 rings (SSSR count). The van der Waals surface area contributed by atoms with Crippen LogP contribution in [0, 0.1) is 0 Å². The Bertz CT molecular complexity index is 718. The molecule has 1 aliphatic rings. The number of aliphatic hydroxyl groups excluding tert-OH is 1. The molecular formula is C15H14NO6S2-. The molecule has 0 spiro atoms. The fraction of sp³-hybridized carbons (Fsp3) is 0.267. The lowest BCUT2D eigenvalue weighted by atomic mass is 10.1. The molecule has 24 heavy (non-hydrogen) atoms. The predicted octanol–water partition coefficient (Wildman–Crippen LogP) is 0.0158. The van der Waals surface area contributed by atoms with E-state index in [1.54, 1.807) is 18.2 Å². The molecule has 1 N–H and O–H groups in total. The summed E-state index contributed by atoms with van der Waals surface area (Å²) in [6.07, 6.45) is 1.53. The number of carbonyl (C=O) groups excluding carboxylic acids is 2. The first kappa shape index (κ1) is 18.2. The van der Waals surface area contributed by atoms with E-state index in [2.05, 4.69) is 0 Å². The van der Waals surface area contributed by atoms with Gasteiger partial charge >= 0.3 is 0 Å². The Hall–Kier alpha value is -2.10. The van der Waals surface area contributed by atoms with Gasteiger partial charge in [0.2, 0.25) is 0 Å². The van der Waals surface area contributed by atoms with Crippen LogP contribution in [0.5, 0.6) is 11.5 Å². The Morgan fingerprint density at radius 1 is 1.46 bits per heavy atom. The number of hydrogen-bond donors (Lipinski definition) is 1. The number of carboxylic acid groups (broad SMARTS) is 1. The molecule has 0 bridgehead atoms. The van der Waals surface area contributed by atoms with E-state index in [1.165, 1.54) is 20.3 Å². The molecule has 1 amide bonds. The number of thioether (sulfide) groups is 1. The predicted molar refractivity (Wildman–Crippen MR) is 90.4 cm³/mol. The van der Waals surface area contributed by atoms with Crippen molar-refractivity contribution in [1.82, 2.24) is 4.90 Å². The number of methoxy groups -OCH3 is 2. The number of aliphatic hydroxyl groups is 1. The Balaban J connectivity index is 2.41. The number of aliphatic carboxylic acids is 1. The summed E-state index contributed by atoms with van der Waals surface area (Å²) in [7, 11) is 2.96. The summed E-state index contributed by atoms with van der Waals surface area (Å²) in [4.78, 5) is 24.6. The van der Waals surface area contributed by atoms with E-state index in [9.17, 15) is 19.8 Å². The Morgan fingerprint density at radius 2 is 2.17 bits per heavy atom. The Morgan fingerprint density at radius 3 is 2.71 bits per heavy atom. The second kappa shape index (κ2) is 7.65. The van der Waals surface area contributed by atoms with Crippen molar-refractivity contribution in [2.24, 2.45) is 0 Å². The van der Waals surface area contributed by atoms with E-state index < -0.39 is 24.5 Å². The standard InChI is InChI=1S/C15H15NO6S2/c1-21-10-5-3-4-8(12(10)22-2)6-11-13(18)16(15(23)24-11)9(7-17)14(19)20/h3-6,9,17H,7H2,1-2H3,(H,19,20)/p-1/b11-6-/t9-/m0/s1. The molecule has 1 aromatic carbocycles. The van der Waals surface area contributed by atoms with Crippen LogP contribution in [-0.2, 0) is 9.59 Å². The van der Waals surface area contributed by atoms with Crippen molar-refractivity contribution in [3.8, 4) is 11.5 Å². The maximum absolute atomic E-state index is 12.5. The average Bonchev–Trinajstić information content (AvgIpc) is 2.82.